The maximum Gasteiger partial charge on any atom is 0.189 e. The molecule has 1 heterocycles. The molecule has 1 unspecified atom stereocenters. The second kappa shape index (κ2) is 9.45. The molecule has 0 N–H and O–H groups in total. The molecule has 106 valence electrons. The summed E-state index contributed by atoms with van der Waals surface area (Å²) in [5, 5.41) is 0. The first-order chi connectivity index (χ1) is 8.88. The zero-order chi connectivity index (χ0) is 12.6. The van der Waals surface area contributed by atoms with Crippen LogP contribution in [0.25, 0.3) is 0 Å². The monoisotopic (exact) mass is 437 g/mol. The quantitative estimate of drug-likeness (QED) is 0.255. The molecule has 0 radical (unpaired) electrons. The summed E-state index contributed by atoms with van der Waals surface area (Å²) >= 11 is 0. The van der Waals surface area contributed by atoms with Gasteiger partial charge in [0.25, 0.3) is 0 Å². The van der Waals surface area contributed by atoms with Crippen molar-refractivity contribution in [2.45, 2.75) is 12.7 Å². The second-order valence-corrected chi connectivity index (χ2v) is 3.84. The van der Waals surface area contributed by atoms with Gasteiger partial charge in [-0.3, -0.25) is 0 Å². The van der Waals surface area contributed by atoms with Gasteiger partial charge in [0.15, 0.2) is 6.79 Å². The summed E-state index contributed by atoms with van der Waals surface area (Å²) in [4.78, 5) is 0. The molecule has 0 aromatic heterocycles. The third-order valence-corrected chi connectivity index (χ3v) is 2.31. The van der Waals surface area contributed by atoms with Crippen molar-refractivity contribution >= 4 is 0 Å². The molecule has 1 aromatic rings. The second-order valence-electron chi connectivity index (χ2n) is 3.84. The van der Waals surface area contributed by atoms with E-state index >= 15 is 0 Å². The molecule has 0 saturated carbocycles. The Bertz CT molecular complexity index is 339. The van der Waals surface area contributed by atoms with Crippen LogP contribution in [0.5, 0.6) is 5.75 Å². The molecule has 2 rings (SSSR count). The Hall–Kier alpha value is -0.452. The molecule has 1 aromatic carbocycles. The van der Waals surface area contributed by atoms with Crippen LogP contribution in [-0.4, -0.2) is 33.4 Å². The average molecular weight is 437 g/mol. The van der Waals surface area contributed by atoms with E-state index in [9.17, 15) is 0 Å². The number of methoxy groups -OCH3 is 1. The number of hydrogen-bond donors (Lipinski definition) is 0. The molecule has 0 bridgehead atoms. The fourth-order valence-electron chi connectivity index (χ4n) is 1.33. The minimum absolute atomic E-state index is 0. The van der Waals surface area contributed by atoms with Gasteiger partial charge in [0.2, 0.25) is 0 Å². The van der Waals surface area contributed by atoms with Crippen molar-refractivity contribution in [3.63, 3.8) is 0 Å². The molecule has 1 atom stereocenters. The Morgan fingerprint density at radius 3 is 2.53 bits per heavy atom. The van der Waals surface area contributed by atoms with Crippen molar-refractivity contribution in [3.8, 4) is 5.75 Å². The van der Waals surface area contributed by atoms with Crippen LogP contribution in [-0.2, 0) is 46.6 Å². The van der Waals surface area contributed by atoms with Crippen LogP contribution < -0.4 is 4.74 Å². The molecule has 1 aliphatic heterocycles. The first kappa shape index (κ1) is 16.6. The van der Waals surface area contributed by atoms with Crippen LogP contribution in [0.1, 0.15) is 5.56 Å². The molecular formula is C13H17O5W-. The van der Waals surface area contributed by atoms with Gasteiger partial charge in [0.1, 0.15) is 12.5 Å². The molecule has 5 nitrogen and oxygen atoms in total. The largest absolute Gasteiger partial charge is 0.568 e. The van der Waals surface area contributed by atoms with E-state index in [0.717, 1.165) is 11.3 Å². The summed E-state index contributed by atoms with van der Waals surface area (Å²) < 4.78 is 25.6. The number of hydrogen-bond acceptors (Lipinski definition) is 5. The van der Waals surface area contributed by atoms with Crippen molar-refractivity contribution < 1.29 is 44.7 Å². The number of epoxide rings is 1. The van der Waals surface area contributed by atoms with Gasteiger partial charge in [-0.25, -0.2) is 0 Å². The van der Waals surface area contributed by atoms with E-state index in [0.29, 0.717) is 20.0 Å². The van der Waals surface area contributed by atoms with Crippen molar-refractivity contribution in [2.75, 3.05) is 27.3 Å². The van der Waals surface area contributed by atoms with E-state index in [1.807, 2.05) is 24.3 Å². The number of ether oxygens (including phenoxy) is 5. The van der Waals surface area contributed by atoms with E-state index in [2.05, 4.69) is 0 Å². The summed E-state index contributed by atoms with van der Waals surface area (Å²) in [6, 6.07) is 7.66. The van der Waals surface area contributed by atoms with Crippen molar-refractivity contribution in [1.82, 2.24) is 0 Å². The number of benzene rings is 1. The van der Waals surface area contributed by atoms with Gasteiger partial charge in [-0.15, -0.1) is 0 Å². The Kier molecular flexibility index (Phi) is 8.26. The van der Waals surface area contributed by atoms with Crippen LogP contribution in [0.2, 0.25) is 0 Å². The van der Waals surface area contributed by atoms with Crippen LogP contribution in [0.4, 0.5) is 0 Å². The Morgan fingerprint density at radius 2 is 1.89 bits per heavy atom. The van der Waals surface area contributed by atoms with Gasteiger partial charge in [-0.2, -0.15) is 6.61 Å². The van der Waals surface area contributed by atoms with Gasteiger partial charge in [-0.05, 0) is 17.7 Å². The standard InChI is InChI=1S/C13H17O5.W/c1-14-9-15-6-11-2-4-12(5-3-11)18-10-16-7-13-8-17-13;/h2-5,8,13H,6-7,9-10H2,1H3;/q-1;. The molecule has 0 spiro atoms. The third-order valence-electron chi connectivity index (χ3n) is 2.31. The van der Waals surface area contributed by atoms with Gasteiger partial charge in [-0.1, -0.05) is 18.2 Å². The van der Waals surface area contributed by atoms with Gasteiger partial charge >= 0.3 is 0 Å². The van der Waals surface area contributed by atoms with Crippen molar-refractivity contribution in [2.24, 2.45) is 0 Å². The van der Waals surface area contributed by atoms with E-state index < -0.39 is 0 Å². The van der Waals surface area contributed by atoms with Crippen LogP contribution in [0, 0.1) is 6.61 Å². The van der Waals surface area contributed by atoms with E-state index in [1.54, 1.807) is 13.7 Å². The Labute approximate surface area is 127 Å². The third kappa shape index (κ3) is 7.04. The maximum absolute atomic E-state index is 5.41. The van der Waals surface area contributed by atoms with Crippen molar-refractivity contribution in [1.29, 1.82) is 0 Å². The molecular weight excluding hydrogens is 420 g/mol. The summed E-state index contributed by atoms with van der Waals surface area (Å²) in [6.45, 7) is 3.33. The van der Waals surface area contributed by atoms with E-state index in [4.69, 9.17) is 23.7 Å². The molecule has 1 saturated heterocycles. The van der Waals surface area contributed by atoms with Crippen LogP contribution in [0.3, 0.4) is 0 Å². The zero-order valence-corrected chi connectivity index (χ0v) is 13.7. The zero-order valence-electron chi connectivity index (χ0n) is 10.7. The number of rotatable bonds is 9. The van der Waals surface area contributed by atoms with Gasteiger partial charge < -0.3 is 23.7 Å². The minimum Gasteiger partial charge on any atom is -0.568 e. The first-order valence-corrected chi connectivity index (χ1v) is 5.73. The Balaban J connectivity index is 0.00000180. The predicted molar refractivity (Wildman–Crippen MR) is 63.7 cm³/mol. The molecule has 0 amide bonds. The predicted octanol–water partition coefficient (Wildman–Crippen LogP) is 1.72. The van der Waals surface area contributed by atoms with Crippen LogP contribution in [0.15, 0.2) is 24.3 Å². The fraction of sp³-hybridized carbons (Fsp3) is 0.462. The Morgan fingerprint density at radius 1 is 1.16 bits per heavy atom. The molecule has 6 heteroatoms. The smallest absolute Gasteiger partial charge is 0.189 e. The SMILES string of the molecule is COCOCc1ccc(OCOCC2[CH-]O2)cc1.[W]. The minimum atomic E-state index is 0. The van der Waals surface area contributed by atoms with Crippen LogP contribution >= 0.6 is 0 Å². The van der Waals surface area contributed by atoms with Gasteiger partial charge in [0.05, 0.1) is 6.61 Å². The summed E-state index contributed by atoms with van der Waals surface area (Å²) in [7, 11) is 1.60. The molecule has 1 aliphatic rings. The van der Waals surface area contributed by atoms with E-state index in [1.165, 1.54) is 0 Å². The fourth-order valence-corrected chi connectivity index (χ4v) is 1.33. The average Bonchev–Trinajstić information content (AvgIpc) is 3.21. The molecule has 0 aliphatic carbocycles. The topological polar surface area (TPSA) is 49.5 Å². The van der Waals surface area contributed by atoms with Gasteiger partial charge in [0, 0.05) is 34.8 Å². The summed E-state index contributed by atoms with van der Waals surface area (Å²) in [5.41, 5.74) is 1.07. The molecule has 1 fully saturated rings. The first-order valence-electron chi connectivity index (χ1n) is 5.73. The van der Waals surface area contributed by atoms with E-state index in [-0.39, 0.29) is 34.0 Å². The normalized spacial score (nSPS) is 16.8. The summed E-state index contributed by atoms with van der Waals surface area (Å²) in [5.74, 6) is 0.770. The van der Waals surface area contributed by atoms with Crippen molar-refractivity contribution in [3.05, 3.63) is 36.4 Å². The summed E-state index contributed by atoms with van der Waals surface area (Å²) in [6.07, 6.45) is 0.147. The molecule has 19 heavy (non-hydrogen) atoms. The maximum atomic E-state index is 5.41.